The fraction of sp³-hybridized carbons (Fsp3) is 1.00. The second-order valence-electron chi connectivity index (χ2n) is 6.01. The monoisotopic (exact) mass is 257 g/mol. The molecule has 0 radical (unpaired) electrons. The maximum absolute atomic E-state index is 6.08. The molecule has 1 unspecified atom stereocenters. The van der Waals surface area contributed by atoms with Gasteiger partial charge in [0.25, 0.3) is 0 Å². The Labute approximate surface area is 112 Å². The van der Waals surface area contributed by atoms with Crippen molar-refractivity contribution in [2.75, 3.05) is 46.4 Å². The molecule has 0 bridgehead atoms. The number of hydrogen-bond donors (Lipinski definition) is 1. The molecule has 0 spiro atoms. The maximum atomic E-state index is 6.08. The number of nitrogens with two attached hydrogens (primary N) is 1. The summed E-state index contributed by atoms with van der Waals surface area (Å²) in [7, 11) is 1.77. The predicted octanol–water partition coefficient (Wildman–Crippen LogP) is 1.01. The molecule has 108 valence electrons. The summed E-state index contributed by atoms with van der Waals surface area (Å²) in [5, 5.41) is 0. The van der Waals surface area contributed by atoms with Crippen molar-refractivity contribution in [3.05, 3.63) is 0 Å². The van der Waals surface area contributed by atoms with Crippen molar-refractivity contribution in [2.24, 2.45) is 11.7 Å². The molecule has 1 aliphatic rings. The van der Waals surface area contributed by atoms with Gasteiger partial charge >= 0.3 is 0 Å². The summed E-state index contributed by atoms with van der Waals surface area (Å²) in [4.78, 5) is 5.07. The summed E-state index contributed by atoms with van der Waals surface area (Å²) in [5.41, 5.74) is 6.08. The van der Waals surface area contributed by atoms with Crippen LogP contribution in [0.3, 0.4) is 0 Å². The van der Waals surface area contributed by atoms with E-state index in [0.717, 1.165) is 32.8 Å². The van der Waals surface area contributed by atoms with Gasteiger partial charge in [-0.2, -0.15) is 0 Å². The first-order valence-corrected chi connectivity index (χ1v) is 7.16. The number of nitrogens with zero attached hydrogens (tertiary/aromatic N) is 2. The summed E-state index contributed by atoms with van der Waals surface area (Å²) in [6.45, 7) is 14.9. The van der Waals surface area contributed by atoms with Gasteiger partial charge < -0.3 is 10.5 Å². The molecule has 4 nitrogen and oxygen atoms in total. The van der Waals surface area contributed by atoms with Crippen molar-refractivity contribution in [1.82, 2.24) is 9.80 Å². The summed E-state index contributed by atoms with van der Waals surface area (Å²) in [6.07, 6.45) is 0. The van der Waals surface area contributed by atoms with Crippen molar-refractivity contribution < 1.29 is 4.74 Å². The molecule has 0 saturated carbocycles. The van der Waals surface area contributed by atoms with Crippen LogP contribution in [-0.2, 0) is 4.74 Å². The van der Waals surface area contributed by atoms with Crippen LogP contribution in [0, 0.1) is 5.92 Å². The lowest BCUT2D eigenvalue weighted by atomic mass is 9.84. The number of piperazine rings is 1. The van der Waals surface area contributed by atoms with Crippen LogP contribution in [0.2, 0.25) is 0 Å². The molecule has 18 heavy (non-hydrogen) atoms. The van der Waals surface area contributed by atoms with E-state index in [1.807, 2.05) is 0 Å². The van der Waals surface area contributed by atoms with Gasteiger partial charge in [-0.1, -0.05) is 13.8 Å². The van der Waals surface area contributed by atoms with Crippen LogP contribution in [-0.4, -0.2) is 67.8 Å². The Morgan fingerprint density at radius 2 is 1.67 bits per heavy atom. The Kier molecular flexibility index (Phi) is 6.05. The van der Waals surface area contributed by atoms with Gasteiger partial charge in [0.1, 0.15) is 0 Å². The molecular formula is C14H31N3O. The third-order valence-corrected chi connectivity index (χ3v) is 4.50. The predicted molar refractivity (Wildman–Crippen MR) is 76.8 cm³/mol. The molecule has 0 aromatic rings. The van der Waals surface area contributed by atoms with Crippen LogP contribution in [0.1, 0.15) is 27.7 Å². The molecule has 1 atom stereocenters. The number of rotatable bonds is 6. The summed E-state index contributed by atoms with van der Waals surface area (Å²) in [5.74, 6) is 0.507. The normalized spacial score (nSPS) is 22.7. The van der Waals surface area contributed by atoms with E-state index in [2.05, 4.69) is 37.5 Å². The Morgan fingerprint density at radius 3 is 2.00 bits per heavy atom. The quantitative estimate of drug-likeness (QED) is 0.771. The highest BCUT2D eigenvalue weighted by atomic mass is 16.5. The molecular weight excluding hydrogens is 226 g/mol. The maximum Gasteiger partial charge on any atom is 0.0661 e. The zero-order valence-electron chi connectivity index (χ0n) is 12.8. The Balaban J connectivity index is 2.71. The van der Waals surface area contributed by atoms with Gasteiger partial charge in [0.2, 0.25) is 0 Å². The van der Waals surface area contributed by atoms with Gasteiger partial charge in [0.05, 0.1) is 12.1 Å². The second kappa shape index (κ2) is 6.85. The first-order chi connectivity index (χ1) is 8.47. The molecule has 1 aliphatic heterocycles. The smallest absolute Gasteiger partial charge is 0.0661 e. The van der Waals surface area contributed by atoms with E-state index in [0.29, 0.717) is 18.5 Å². The van der Waals surface area contributed by atoms with Crippen LogP contribution in [0.15, 0.2) is 0 Å². The van der Waals surface area contributed by atoms with E-state index in [-0.39, 0.29) is 5.54 Å². The van der Waals surface area contributed by atoms with Crippen LogP contribution in [0.25, 0.3) is 0 Å². The molecule has 1 saturated heterocycles. The van der Waals surface area contributed by atoms with Crippen molar-refractivity contribution in [1.29, 1.82) is 0 Å². The lowest BCUT2D eigenvalue weighted by molar-refractivity contribution is -0.0435. The first-order valence-electron chi connectivity index (χ1n) is 7.16. The largest absolute Gasteiger partial charge is 0.383 e. The molecule has 2 N–H and O–H groups in total. The third-order valence-electron chi connectivity index (χ3n) is 4.50. The highest BCUT2D eigenvalue weighted by molar-refractivity contribution is 4.96. The van der Waals surface area contributed by atoms with Gasteiger partial charge in [-0.15, -0.1) is 0 Å². The minimum absolute atomic E-state index is 0.00216. The van der Waals surface area contributed by atoms with Gasteiger partial charge in [-0.3, -0.25) is 9.80 Å². The van der Waals surface area contributed by atoms with Crippen LogP contribution in [0.4, 0.5) is 0 Å². The molecule has 4 heteroatoms. The lowest BCUT2D eigenvalue weighted by Crippen LogP contribution is -2.65. The molecule has 0 aromatic carbocycles. The van der Waals surface area contributed by atoms with Crippen LogP contribution in [0.5, 0.6) is 0 Å². The van der Waals surface area contributed by atoms with Crippen molar-refractivity contribution in [3.8, 4) is 0 Å². The lowest BCUT2D eigenvalue weighted by Gasteiger charge is -2.50. The fourth-order valence-electron chi connectivity index (χ4n) is 2.98. The summed E-state index contributed by atoms with van der Waals surface area (Å²) in [6, 6.07) is 0.640. The zero-order valence-corrected chi connectivity index (χ0v) is 12.8. The molecule has 0 aliphatic carbocycles. The Hall–Kier alpha value is -0.160. The van der Waals surface area contributed by atoms with E-state index in [9.17, 15) is 0 Å². The minimum atomic E-state index is -0.00216. The molecule has 0 aromatic heterocycles. The van der Waals surface area contributed by atoms with E-state index >= 15 is 0 Å². The van der Waals surface area contributed by atoms with E-state index in [1.54, 1.807) is 7.11 Å². The van der Waals surface area contributed by atoms with E-state index < -0.39 is 0 Å². The van der Waals surface area contributed by atoms with Gasteiger partial charge in [0.15, 0.2) is 0 Å². The van der Waals surface area contributed by atoms with Crippen LogP contribution >= 0.6 is 0 Å². The molecule has 0 amide bonds. The Bertz CT molecular complexity index is 237. The van der Waals surface area contributed by atoms with E-state index in [4.69, 9.17) is 10.5 Å². The summed E-state index contributed by atoms with van der Waals surface area (Å²) >= 11 is 0. The highest BCUT2D eigenvalue weighted by Crippen LogP contribution is 2.26. The average Bonchev–Trinajstić information content (AvgIpc) is 2.35. The number of methoxy groups -OCH3 is 1. The van der Waals surface area contributed by atoms with Gasteiger partial charge in [0, 0.05) is 45.9 Å². The Morgan fingerprint density at radius 1 is 1.11 bits per heavy atom. The van der Waals surface area contributed by atoms with Crippen LogP contribution < -0.4 is 5.73 Å². The first kappa shape index (κ1) is 15.9. The number of hydrogen-bond acceptors (Lipinski definition) is 4. The number of ether oxygens (including phenoxy) is 1. The van der Waals surface area contributed by atoms with E-state index in [1.165, 1.54) is 0 Å². The third kappa shape index (κ3) is 3.23. The minimum Gasteiger partial charge on any atom is -0.383 e. The highest BCUT2D eigenvalue weighted by Gasteiger charge is 2.40. The van der Waals surface area contributed by atoms with Crippen molar-refractivity contribution in [3.63, 3.8) is 0 Å². The average molecular weight is 257 g/mol. The topological polar surface area (TPSA) is 41.7 Å². The van der Waals surface area contributed by atoms with Gasteiger partial charge in [-0.25, -0.2) is 0 Å². The summed E-state index contributed by atoms with van der Waals surface area (Å²) < 4.78 is 5.45. The van der Waals surface area contributed by atoms with Crippen molar-refractivity contribution in [2.45, 2.75) is 39.3 Å². The fourth-order valence-corrected chi connectivity index (χ4v) is 2.98. The molecule has 1 fully saturated rings. The molecule has 1 rings (SSSR count). The van der Waals surface area contributed by atoms with Crippen molar-refractivity contribution >= 4 is 0 Å². The standard InChI is InChI=1S/C14H31N3O/c1-12(2)14(10-15,11-18-5)17-8-6-16(7-9-17)13(3)4/h12-13H,6-11,15H2,1-5H3. The molecule has 1 heterocycles. The SMILES string of the molecule is COCC(CN)(C(C)C)N1CCN(C(C)C)CC1. The zero-order chi connectivity index (χ0) is 13.8. The van der Waals surface area contributed by atoms with Gasteiger partial charge in [-0.05, 0) is 19.8 Å². The second-order valence-corrected chi connectivity index (χ2v) is 6.01.